The first-order chi connectivity index (χ1) is 7.62. The van der Waals surface area contributed by atoms with Crippen molar-refractivity contribution in [3.8, 4) is 0 Å². The van der Waals surface area contributed by atoms with Gasteiger partial charge in [0.1, 0.15) is 0 Å². The zero-order chi connectivity index (χ0) is 11.6. The van der Waals surface area contributed by atoms with Gasteiger partial charge in [-0.25, -0.2) is 0 Å². The van der Waals surface area contributed by atoms with Gasteiger partial charge in [0.25, 0.3) is 0 Å². The highest BCUT2D eigenvalue weighted by Crippen LogP contribution is 2.33. The molecule has 0 aromatic carbocycles. The summed E-state index contributed by atoms with van der Waals surface area (Å²) in [5, 5.41) is 9.16. The van der Waals surface area contributed by atoms with Gasteiger partial charge in [0.15, 0.2) is 0 Å². The van der Waals surface area contributed by atoms with Gasteiger partial charge in [-0.3, -0.25) is 9.69 Å². The molecule has 1 atom stereocenters. The zero-order valence-corrected chi connectivity index (χ0v) is 9.98. The first-order valence-corrected chi connectivity index (χ1v) is 6.26. The van der Waals surface area contributed by atoms with E-state index in [-0.39, 0.29) is 0 Å². The van der Waals surface area contributed by atoms with Gasteiger partial charge in [-0.05, 0) is 52.1 Å². The average molecular weight is 223 g/mol. The fourth-order valence-electron chi connectivity index (χ4n) is 2.66. The monoisotopic (exact) mass is 223 g/mol. The predicted octanol–water partition coefficient (Wildman–Crippen LogP) is 2.28. The highest BCUT2D eigenvalue weighted by Gasteiger charge is 2.38. The van der Waals surface area contributed by atoms with E-state index in [1.807, 2.05) is 6.92 Å². The van der Waals surface area contributed by atoms with Gasteiger partial charge in [0.2, 0.25) is 0 Å². The van der Waals surface area contributed by atoms with Crippen molar-refractivity contribution in [2.75, 3.05) is 13.1 Å². The minimum Gasteiger partial charge on any atom is -0.481 e. The lowest BCUT2D eigenvalue weighted by atomic mass is 9.80. The van der Waals surface area contributed by atoms with Gasteiger partial charge >= 0.3 is 5.97 Å². The van der Waals surface area contributed by atoms with E-state index in [4.69, 9.17) is 5.11 Å². The van der Waals surface area contributed by atoms with Crippen LogP contribution in [0.3, 0.4) is 0 Å². The van der Waals surface area contributed by atoms with Crippen molar-refractivity contribution < 1.29 is 9.90 Å². The molecule has 1 fully saturated rings. The molecule has 0 aromatic heterocycles. The third-order valence-corrected chi connectivity index (χ3v) is 4.12. The number of allylic oxidation sites excluding steroid dienone is 1. The Bertz CT molecular complexity index is 290. The van der Waals surface area contributed by atoms with E-state index in [0.29, 0.717) is 6.04 Å². The number of likely N-dealkylation sites (tertiary alicyclic amines) is 1. The van der Waals surface area contributed by atoms with Crippen LogP contribution in [-0.2, 0) is 4.79 Å². The Morgan fingerprint density at radius 2 is 2.12 bits per heavy atom. The molecule has 0 saturated carbocycles. The normalized spacial score (nSPS) is 30.2. The van der Waals surface area contributed by atoms with Crippen molar-refractivity contribution in [1.82, 2.24) is 4.90 Å². The highest BCUT2D eigenvalue weighted by molar-refractivity contribution is 5.74. The molecule has 2 aliphatic rings. The first kappa shape index (κ1) is 11.6. The van der Waals surface area contributed by atoms with E-state index in [2.05, 4.69) is 17.1 Å². The summed E-state index contributed by atoms with van der Waals surface area (Å²) in [5.41, 5.74) is -0.491. The average Bonchev–Trinajstić information content (AvgIpc) is 2.31. The molecule has 2 rings (SSSR count). The second kappa shape index (κ2) is 4.58. The Morgan fingerprint density at radius 3 is 2.62 bits per heavy atom. The number of carbonyl (C=O) groups is 1. The van der Waals surface area contributed by atoms with E-state index in [0.717, 1.165) is 25.9 Å². The molecule has 1 unspecified atom stereocenters. The molecule has 0 radical (unpaired) electrons. The standard InChI is InChI=1S/C13H21NO2/c1-13(12(15)16)7-9-14(10-8-13)11-5-3-2-4-6-11/h3,5,11H,2,4,6-10H2,1H3,(H,15,16). The van der Waals surface area contributed by atoms with Gasteiger partial charge < -0.3 is 5.11 Å². The summed E-state index contributed by atoms with van der Waals surface area (Å²) in [7, 11) is 0. The summed E-state index contributed by atoms with van der Waals surface area (Å²) in [5.74, 6) is -0.633. The van der Waals surface area contributed by atoms with Gasteiger partial charge in [0.05, 0.1) is 5.41 Å². The fourth-order valence-corrected chi connectivity index (χ4v) is 2.66. The Labute approximate surface area is 97.1 Å². The van der Waals surface area contributed by atoms with Gasteiger partial charge in [-0.1, -0.05) is 12.2 Å². The minimum atomic E-state index is -0.633. The van der Waals surface area contributed by atoms with Crippen molar-refractivity contribution in [2.45, 2.75) is 45.1 Å². The number of nitrogens with zero attached hydrogens (tertiary/aromatic N) is 1. The smallest absolute Gasteiger partial charge is 0.309 e. The van der Waals surface area contributed by atoms with Crippen molar-refractivity contribution in [3.05, 3.63) is 12.2 Å². The van der Waals surface area contributed by atoms with Crippen molar-refractivity contribution in [1.29, 1.82) is 0 Å². The number of aliphatic carboxylic acids is 1. The van der Waals surface area contributed by atoms with Crippen LogP contribution in [0.1, 0.15) is 39.0 Å². The number of carboxylic acid groups (broad SMARTS) is 1. The largest absolute Gasteiger partial charge is 0.481 e. The molecular formula is C13H21NO2. The van der Waals surface area contributed by atoms with Crippen LogP contribution in [0.25, 0.3) is 0 Å². The van der Waals surface area contributed by atoms with Crippen LogP contribution < -0.4 is 0 Å². The zero-order valence-electron chi connectivity index (χ0n) is 9.98. The second-order valence-corrected chi connectivity index (χ2v) is 5.33. The summed E-state index contributed by atoms with van der Waals surface area (Å²) in [4.78, 5) is 13.6. The number of hydrogen-bond acceptors (Lipinski definition) is 2. The van der Waals surface area contributed by atoms with Crippen LogP contribution in [0.15, 0.2) is 12.2 Å². The molecule has 90 valence electrons. The molecule has 1 aliphatic carbocycles. The molecule has 1 saturated heterocycles. The molecule has 3 nitrogen and oxygen atoms in total. The quantitative estimate of drug-likeness (QED) is 0.730. The van der Waals surface area contributed by atoms with E-state index >= 15 is 0 Å². The first-order valence-electron chi connectivity index (χ1n) is 6.26. The highest BCUT2D eigenvalue weighted by atomic mass is 16.4. The molecule has 0 amide bonds. The molecule has 1 heterocycles. The van der Waals surface area contributed by atoms with Gasteiger partial charge in [-0.2, -0.15) is 0 Å². The Balaban J connectivity index is 1.92. The van der Waals surface area contributed by atoms with Crippen molar-refractivity contribution >= 4 is 5.97 Å². The van der Waals surface area contributed by atoms with E-state index in [1.54, 1.807) is 0 Å². The Morgan fingerprint density at radius 1 is 1.44 bits per heavy atom. The Kier molecular flexibility index (Phi) is 3.33. The van der Waals surface area contributed by atoms with Crippen LogP contribution >= 0.6 is 0 Å². The topological polar surface area (TPSA) is 40.5 Å². The van der Waals surface area contributed by atoms with Crippen LogP contribution in [0.2, 0.25) is 0 Å². The molecule has 16 heavy (non-hydrogen) atoms. The van der Waals surface area contributed by atoms with Crippen LogP contribution in [0, 0.1) is 5.41 Å². The van der Waals surface area contributed by atoms with Gasteiger partial charge in [0, 0.05) is 6.04 Å². The lowest BCUT2D eigenvalue weighted by Gasteiger charge is -2.40. The molecule has 1 N–H and O–H groups in total. The summed E-state index contributed by atoms with van der Waals surface area (Å²) in [6.07, 6.45) is 9.84. The maximum Gasteiger partial charge on any atom is 0.309 e. The molecule has 3 heteroatoms. The van der Waals surface area contributed by atoms with Crippen LogP contribution in [-0.4, -0.2) is 35.1 Å². The maximum absolute atomic E-state index is 11.1. The van der Waals surface area contributed by atoms with Gasteiger partial charge in [-0.15, -0.1) is 0 Å². The summed E-state index contributed by atoms with van der Waals surface area (Å²) in [6.45, 7) is 3.74. The lowest BCUT2D eigenvalue weighted by Crippen LogP contribution is -2.46. The minimum absolute atomic E-state index is 0.491. The number of hydrogen-bond donors (Lipinski definition) is 1. The fraction of sp³-hybridized carbons (Fsp3) is 0.769. The lowest BCUT2D eigenvalue weighted by molar-refractivity contribution is -0.150. The van der Waals surface area contributed by atoms with E-state index in [1.165, 1.54) is 19.3 Å². The van der Waals surface area contributed by atoms with E-state index in [9.17, 15) is 4.79 Å². The van der Waals surface area contributed by atoms with E-state index < -0.39 is 11.4 Å². The summed E-state index contributed by atoms with van der Waals surface area (Å²) >= 11 is 0. The molecular weight excluding hydrogens is 202 g/mol. The van der Waals surface area contributed by atoms with Crippen molar-refractivity contribution in [2.24, 2.45) is 5.41 Å². The molecule has 0 spiro atoms. The predicted molar refractivity (Wildman–Crippen MR) is 63.3 cm³/mol. The molecule has 0 bridgehead atoms. The third-order valence-electron chi connectivity index (χ3n) is 4.12. The number of carboxylic acids is 1. The SMILES string of the molecule is CC1(C(=O)O)CCN(C2C=CCCC2)CC1. The summed E-state index contributed by atoms with van der Waals surface area (Å²) in [6, 6.07) is 0.562. The maximum atomic E-state index is 11.1. The van der Waals surface area contributed by atoms with Crippen LogP contribution in [0.5, 0.6) is 0 Å². The summed E-state index contributed by atoms with van der Waals surface area (Å²) < 4.78 is 0. The second-order valence-electron chi connectivity index (χ2n) is 5.33. The Hall–Kier alpha value is -0.830. The molecule has 0 aromatic rings. The van der Waals surface area contributed by atoms with Crippen LogP contribution in [0.4, 0.5) is 0 Å². The number of piperidine rings is 1. The third kappa shape index (κ3) is 2.29. The van der Waals surface area contributed by atoms with Crippen molar-refractivity contribution in [3.63, 3.8) is 0 Å². The molecule has 1 aliphatic heterocycles. The number of rotatable bonds is 2.